The number of piperazine rings is 1. The summed E-state index contributed by atoms with van der Waals surface area (Å²) >= 11 is 1.37. The third kappa shape index (κ3) is 5.24. The molecule has 1 saturated heterocycles. The Kier molecular flexibility index (Phi) is 6.41. The Morgan fingerprint density at radius 3 is 2.26 bits per heavy atom. The number of benzene rings is 1. The Balaban J connectivity index is 1.48. The second-order valence-electron chi connectivity index (χ2n) is 6.42. The molecule has 1 aromatic heterocycles. The van der Waals surface area contributed by atoms with Crippen molar-refractivity contribution in [2.24, 2.45) is 0 Å². The lowest BCUT2D eigenvalue weighted by molar-refractivity contribution is -0.132. The van der Waals surface area contributed by atoms with E-state index in [0.717, 1.165) is 5.56 Å². The highest BCUT2D eigenvalue weighted by Gasteiger charge is 2.29. The van der Waals surface area contributed by atoms with E-state index >= 15 is 0 Å². The lowest BCUT2D eigenvalue weighted by Crippen LogP contribution is -2.50. The highest BCUT2D eigenvalue weighted by Crippen LogP contribution is 2.16. The van der Waals surface area contributed by atoms with E-state index in [4.69, 9.17) is 0 Å². The molecule has 0 spiro atoms. The van der Waals surface area contributed by atoms with Crippen LogP contribution in [0.5, 0.6) is 0 Å². The minimum absolute atomic E-state index is 0.0255. The average Bonchev–Trinajstić information content (AvgIpc) is 3.21. The molecule has 1 aromatic carbocycles. The molecule has 0 saturated carbocycles. The van der Waals surface area contributed by atoms with Crippen molar-refractivity contribution in [1.29, 1.82) is 0 Å². The van der Waals surface area contributed by atoms with Crippen molar-refractivity contribution in [3.05, 3.63) is 58.3 Å². The zero-order valence-corrected chi connectivity index (χ0v) is 16.5. The predicted octanol–water partition coefficient (Wildman–Crippen LogP) is 2.39. The minimum Gasteiger partial charge on any atom is -0.340 e. The summed E-state index contributed by atoms with van der Waals surface area (Å²) in [5, 5.41) is 1.84. The van der Waals surface area contributed by atoms with Gasteiger partial charge in [-0.25, -0.2) is 8.42 Å². The van der Waals surface area contributed by atoms with Gasteiger partial charge in [0.15, 0.2) is 5.78 Å². The molecule has 0 bridgehead atoms. The van der Waals surface area contributed by atoms with E-state index in [1.807, 2.05) is 29.6 Å². The first kappa shape index (κ1) is 19.7. The minimum atomic E-state index is -3.40. The molecular weight excluding hydrogens is 384 g/mol. The lowest BCUT2D eigenvalue weighted by Gasteiger charge is -2.34. The molecule has 3 rings (SSSR count). The van der Waals surface area contributed by atoms with Crippen LogP contribution in [0.25, 0.3) is 0 Å². The van der Waals surface area contributed by atoms with Gasteiger partial charge in [0.2, 0.25) is 15.9 Å². The number of rotatable bonds is 7. The number of ketones is 1. The fourth-order valence-corrected chi connectivity index (χ4v) is 5.24. The normalized spacial score (nSPS) is 15.6. The Hall–Kier alpha value is -2.03. The zero-order chi connectivity index (χ0) is 19.3. The second kappa shape index (κ2) is 8.77. The molecule has 0 aliphatic carbocycles. The fraction of sp³-hybridized carbons (Fsp3) is 0.368. The van der Waals surface area contributed by atoms with Crippen molar-refractivity contribution in [2.45, 2.75) is 18.6 Å². The summed E-state index contributed by atoms with van der Waals surface area (Å²) in [6, 6.07) is 12.6. The first-order chi connectivity index (χ1) is 13.0. The van der Waals surface area contributed by atoms with Crippen LogP contribution in [0.4, 0.5) is 0 Å². The smallest absolute Gasteiger partial charge is 0.223 e. The molecule has 144 valence electrons. The van der Waals surface area contributed by atoms with Crippen LogP contribution in [0.1, 0.15) is 28.1 Å². The molecule has 1 amide bonds. The van der Waals surface area contributed by atoms with Crippen LogP contribution in [0.15, 0.2) is 47.8 Å². The summed E-state index contributed by atoms with van der Waals surface area (Å²) in [4.78, 5) is 26.6. The Labute approximate surface area is 163 Å². The second-order valence-corrected chi connectivity index (χ2v) is 9.34. The zero-order valence-electron chi connectivity index (χ0n) is 14.9. The molecule has 6 nitrogen and oxygen atoms in total. The van der Waals surface area contributed by atoms with Gasteiger partial charge in [-0.3, -0.25) is 9.59 Å². The number of carbonyl (C=O) groups is 2. The number of sulfonamides is 1. The van der Waals surface area contributed by atoms with Crippen LogP contribution in [0.3, 0.4) is 0 Å². The fourth-order valence-electron chi connectivity index (χ4n) is 3.03. The van der Waals surface area contributed by atoms with Gasteiger partial charge in [-0.1, -0.05) is 36.4 Å². The summed E-state index contributed by atoms with van der Waals surface area (Å²) in [6.45, 7) is 1.31. The number of hydrogen-bond acceptors (Lipinski definition) is 5. The SMILES string of the molecule is O=C(CCC(=O)N1CCN(S(=O)(=O)Cc2ccccc2)CC1)c1cccs1. The Morgan fingerprint density at radius 1 is 0.926 bits per heavy atom. The van der Waals surface area contributed by atoms with Crippen molar-refractivity contribution in [3.63, 3.8) is 0 Å². The van der Waals surface area contributed by atoms with Crippen molar-refractivity contribution in [3.8, 4) is 0 Å². The molecule has 27 heavy (non-hydrogen) atoms. The summed E-state index contributed by atoms with van der Waals surface area (Å²) in [5.74, 6) is -0.153. The van der Waals surface area contributed by atoms with Crippen LogP contribution < -0.4 is 0 Å². The van der Waals surface area contributed by atoms with Gasteiger partial charge < -0.3 is 4.90 Å². The first-order valence-corrected chi connectivity index (χ1v) is 11.3. The third-order valence-corrected chi connectivity index (χ3v) is 7.30. The van der Waals surface area contributed by atoms with Crippen LogP contribution >= 0.6 is 11.3 Å². The van der Waals surface area contributed by atoms with Crippen molar-refractivity contribution >= 4 is 33.1 Å². The van der Waals surface area contributed by atoms with E-state index in [1.54, 1.807) is 23.1 Å². The number of amides is 1. The van der Waals surface area contributed by atoms with E-state index in [9.17, 15) is 18.0 Å². The quantitative estimate of drug-likeness (QED) is 0.662. The molecule has 2 heterocycles. The molecule has 0 unspecified atom stereocenters. The van der Waals surface area contributed by atoms with Gasteiger partial charge in [-0.2, -0.15) is 4.31 Å². The van der Waals surface area contributed by atoms with Crippen molar-refractivity contribution in [2.75, 3.05) is 26.2 Å². The van der Waals surface area contributed by atoms with Gasteiger partial charge in [0, 0.05) is 39.0 Å². The Bertz CT molecular complexity index is 872. The van der Waals surface area contributed by atoms with E-state index in [0.29, 0.717) is 31.1 Å². The van der Waals surface area contributed by atoms with Gasteiger partial charge in [0.25, 0.3) is 0 Å². The molecule has 2 aromatic rings. The maximum Gasteiger partial charge on any atom is 0.223 e. The van der Waals surface area contributed by atoms with Gasteiger partial charge >= 0.3 is 0 Å². The maximum absolute atomic E-state index is 12.6. The molecule has 1 aliphatic rings. The number of Topliss-reactive ketones (excluding diaryl/α,β-unsaturated/α-hetero) is 1. The molecule has 0 radical (unpaired) electrons. The van der Waals surface area contributed by atoms with E-state index in [1.165, 1.54) is 15.6 Å². The number of nitrogens with zero attached hydrogens (tertiary/aromatic N) is 2. The summed E-state index contributed by atoms with van der Waals surface area (Å²) in [6.07, 6.45) is 0.347. The number of thiophene rings is 1. The van der Waals surface area contributed by atoms with Crippen molar-refractivity contribution < 1.29 is 18.0 Å². The van der Waals surface area contributed by atoms with Gasteiger partial charge in [-0.05, 0) is 17.0 Å². The summed E-state index contributed by atoms with van der Waals surface area (Å²) < 4.78 is 26.6. The topological polar surface area (TPSA) is 74.8 Å². The van der Waals surface area contributed by atoms with Crippen LogP contribution in [0, 0.1) is 0 Å². The molecule has 1 aliphatic heterocycles. The third-order valence-electron chi connectivity index (χ3n) is 4.54. The van der Waals surface area contributed by atoms with E-state index < -0.39 is 10.0 Å². The molecule has 8 heteroatoms. The van der Waals surface area contributed by atoms with E-state index in [2.05, 4.69) is 0 Å². The van der Waals surface area contributed by atoms with Gasteiger partial charge in [0.05, 0.1) is 10.6 Å². The van der Waals surface area contributed by atoms with Gasteiger partial charge in [0.1, 0.15) is 0 Å². The van der Waals surface area contributed by atoms with Gasteiger partial charge in [-0.15, -0.1) is 11.3 Å². The highest BCUT2D eigenvalue weighted by atomic mass is 32.2. The standard InChI is InChI=1S/C19H22N2O4S2/c22-17(18-7-4-14-26-18)8-9-19(23)20-10-12-21(13-11-20)27(24,25)15-16-5-2-1-3-6-16/h1-7,14H,8-13,15H2. The summed E-state index contributed by atoms with van der Waals surface area (Å²) in [5.41, 5.74) is 0.753. The van der Waals surface area contributed by atoms with Crippen LogP contribution in [-0.4, -0.2) is 55.5 Å². The number of hydrogen-bond donors (Lipinski definition) is 0. The lowest BCUT2D eigenvalue weighted by atomic mass is 10.1. The first-order valence-electron chi connectivity index (χ1n) is 8.82. The van der Waals surface area contributed by atoms with Crippen LogP contribution in [0.2, 0.25) is 0 Å². The van der Waals surface area contributed by atoms with Crippen molar-refractivity contribution in [1.82, 2.24) is 9.21 Å². The average molecular weight is 407 g/mol. The largest absolute Gasteiger partial charge is 0.340 e. The molecule has 0 N–H and O–H groups in total. The highest BCUT2D eigenvalue weighted by molar-refractivity contribution is 7.88. The van der Waals surface area contributed by atoms with E-state index in [-0.39, 0.29) is 30.3 Å². The number of carbonyl (C=O) groups excluding carboxylic acids is 2. The molecular formula is C19H22N2O4S2. The summed E-state index contributed by atoms with van der Waals surface area (Å²) in [7, 11) is -3.40. The predicted molar refractivity (Wildman–Crippen MR) is 105 cm³/mol. The monoisotopic (exact) mass is 406 g/mol. The Morgan fingerprint density at radius 2 is 1.63 bits per heavy atom. The molecule has 1 fully saturated rings. The maximum atomic E-state index is 12.6. The molecule has 0 atom stereocenters. The van der Waals surface area contributed by atoms with Crippen LogP contribution in [-0.2, 0) is 20.6 Å².